The van der Waals surface area contributed by atoms with Crippen molar-refractivity contribution in [3.05, 3.63) is 0 Å². The highest BCUT2D eigenvalue weighted by atomic mass is 35.5. The number of halogens is 2. The number of amides is 1. The number of tetrazole rings is 1. The number of aromatic amines is 1. The van der Waals surface area contributed by atoms with E-state index < -0.39 is 0 Å². The molecule has 20 heavy (non-hydrogen) atoms. The molecule has 11 heteroatoms. The number of hydrogen-bond donors (Lipinski definition) is 5. The Morgan fingerprint density at radius 2 is 2.20 bits per heavy atom. The molecular formula is C9H20Cl2N8O. The summed E-state index contributed by atoms with van der Waals surface area (Å²) in [6.07, 6.45) is 2.54. The average molecular weight is 327 g/mol. The first-order valence-corrected chi connectivity index (χ1v) is 5.80. The largest absolute Gasteiger partial charge is 1.00 e. The van der Waals surface area contributed by atoms with Gasteiger partial charge in [-0.15, -0.1) is 5.10 Å². The van der Waals surface area contributed by atoms with Crippen molar-refractivity contribution in [2.75, 3.05) is 11.9 Å². The summed E-state index contributed by atoms with van der Waals surface area (Å²) in [5, 5.41) is 15.4. The second kappa shape index (κ2) is 11.4. The van der Waals surface area contributed by atoms with Gasteiger partial charge in [0.25, 0.3) is 11.9 Å². The van der Waals surface area contributed by atoms with Gasteiger partial charge in [0.15, 0.2) is 6.04 Å². The molecule has 1 atom stereocenters. The van der Waals surface area contributed by atoms with Crippen molar-refractivity contribution in [2.24, 2.45) is 5.73 Å². The molecule has 1 aromatic rings. The topological polar surface area (TPSA) is 151 Å². The van der Waals surface area contributed by atoms with Gasteiger partial charge in [0, 0.05) is 13.3 Å². The monoisotopic (exact) mass is 326 g/mol. The Hall–Kier alpha value is -1.45. The Morgan fingerprint density at radius 3 is 2.75 bits per heavy atom. The van der Waals surface area contributed by atoms with Crippen LogP contribution >= 0.6 is 0 Å². The average Bonchev–Trinajstić information content (AvgIpc) is 2.80. The van der Waals surface area contributed by atoms with Crippen LogP contribution in [0.1, 0.15) is 26.2 Å². The predicted octanol–water partition coefficient (Wildman–Crippen LogP) is -9.62. The normalized spacial score (nSPS) is 12.0. The molecule has 116 valence electrons. The number of carbonyl (C=O) groups is 1. The summed E-state index contributed by atoms with van der Waals surface area (Å²) in [5.41, 5.74) is 9.27. The predicted molar refractivity (Wildman–Crippen MR) is 64.0 cm³/mol. The third-order valence-electron chi connectivity index (χ3n) is 2.33. The second-order valence-electron chi connectivity index (χ2n) is 4.03. The van der Waals surface area contributed by atoms with Crippen molar-refractivity contribution in [1.82, 2.24) is 20.6 Å². The molecule has 9 nitrogen and oxygen atoms in total. The van der Waals surface area contributed by atoms with Crippen LogP contribution in [0.25, 0.3) is 0 Å². The zero-order valence-corrected chi connectivity index (χ0v) is 12.7. The molecule has 0 spiro atoms. The minimum absolute atomic E-state index is 0. The minimum atomic E-state index is -0.327. The van der Waals surface area contributed by atoms with Gasteiger partial charge in [-0.25, -0.2) is 0 Å². The van der Waals surface area contributed by atoms with E-state index in [4.69, 9.17) is 5.73 Å². The maximum atomic E-state index is 11.6. The first-order valence-electron chi connectivity index (χ1n) is 5.80. The number of nitrogens with zero attached hydrogens (tertiary/aromatic N) is 3. The molecule has 1 aromatic heterocycles. The number of H-pyrrole nitrogens is 1. The van der Waals surface area contributed by atoms with E-state index in [1.54, 1.807) is 0 Å². The van der Waals surface area contributed by atoms with Crippen LogP contribution in [0, 0.1) is 0 Å². The number of unbranched alkanes of at least 4 members (excludes halogenated alkanes) is 1. The zero-order chi connectivity index (χ0) is 13.4. The van der Waals surface area contributed by atoms with E-state index in [1.807, 2.05) is 6.92 Å². The Bertz CT molecular complexity index is 393. The fourth-order valence-corrected chi connectivity index (χ4v) is 1.36. The lowest BCUT2D eigenvalue weighted by molar-refractivity contribution is -0.459. The van der Waals surface area contributed by atoms with Crippen LogP contribution in [0.3, 0.4) is 0 Å². The highest BCUT2D eigenvalue weighted by molar-refractivity contribution is 5.91. The number of anilines is 1. The fraction of sp³-hybridized carbons (Fsp3) is 0.667. The number of nitrogens with one attached hydrogen (secondary N) is 3. The standard InChI is InChI=1S/C9H18N8O.2ClH/c1-6(10)12-5-3-2-4-7(11)8(18)13-9-14-16-17-15-9;;/h7H,2-5,11H2,1H3,(H2,10,12)(H2,13,14,15,16,17,18);2*1H/t7-;;/m0../s1. The van der Waals surface area contributed by atoms with Gasteiger partial charge in [-0.2, -0.15) is 5.21 Å². The van der Waals surface area contributed by atoms with Gasteiger partial charge in [0.05, 0.1) is 6.54 Å². The first-order chi connectivity index (χ1) is 8.59. The van der Waals surface area contributed by atoms with Gasteiger partial charge >= 0.3 is 0 Å². The van der Waals surface area contributed by atoms with Gasteiger partial charge in [-0.3, -0.25) is 20.8 Å². The molecule has 0 saturated heterocycles. The van der Waals surface area contributed by atoms with Crippen LogP contribution in [-0.2, 0) is 4.79 Å². The van der Waals surface area contributed by atoms with Gasteiger partial charge < -0.3 is 30.5 Å². The van der Waals surface area contributed by atoms with E-state index in [9.17, 15) is 4.79 Å². The van der Waals surface area contributed by atoms with Crippen LogP contribution in [0.2, 0.25) is 0 Å². The molecule has 1 rings (SSSR count). The lowest BCUT2D eigenvalue weighted by Gasteiger charge is -2.06. The molecule has 0 radical (unpaired) electrons. The number of rotatable bonds is 7. The Labute approximate surface area is 129 Å². The lowest BCUT2D eigenvalue weighted by Crippen LogP contribution is -3.00. The summed E-state index contributed by atoms with van der Waals surface area (Å²) in [6, 6.07) is -0.327. The Morgan fingerprint density at radius 1 is 1.50 bits per heavy atom. The minimum Gasteiger partial charge on any atom is -1.00 e. The van der Waals surface area contributed by atoms with Crippen LogP contribution in [0.5, 0.6) is 0 Å². The zero-order valence-electron chi connectivity index (χ0n) is 11.2. The van der Waals surface area contributed by atoms with Gasteiger partial charge in [0.2, 0.25) is 5.84 Å². The summed E-state index contributed by atoms with van der Waals surface area (Å²) in [7, 11) is 0. The van der Waals surface area contributed by atoms with Crippen LogP contribution < -0.4 is 46.6 Å². The number of hydrogen-bond acceptors (Lipinski definition) is 4. The molecule has 0 saturated carbocycles. The van der Waals surface area contributed by atoms with Crippen LogP contribution in [0.15, 0.2) is 0 Å². The summed E-state index contributed by atoms with van der Waals surface area (Å²) < 4.78 is 0. The lowest BCUT2D eigenvalue weighted by atomic mass is 10.1. The van der Waals surface area contributed by atoms with Crippen molar-refractivity contribution in [3.8, 4) is 0 Å². The van der Waals surface area contributed by atoms with E-state index in [-0.39, 0.29) is 42.7 Å². The van der Waals surface area contributed by atoms with E-state index in [0.29, 0.717) is 12.3 Å². The third kappa shape index (κ3) is 8.62. The van der Waals surface area contributed by atoms with Crippen molar-refractivity contribution in [2.45, 2.75) is 32.2 Å². The molecule has 0 aliphatic carbocycles. The molecule has 0 unspecified atom stereocenters. The molecule has 1 heterocycles. The molecule has 0 fully saturated rings. The van der Waals surface area contributed by atoms with Crippen molar-refractivity contribution in [3.63, 3.8) is 0 Å². The van der Waals surface area contributed by atoms with Gasteiger partial charge in [0.1, 0.15) is 0 Å². The number of nitrogens with two attached hydrogens (primary N) is 1. The molecular weight excluding hydrogens is 307 g/mol. The van der Waals surface area contributed by atoms with E-state index >= 15 is 0 Å². The van der Waals surface area contributed by atoms with Crippen LogP contribution in [-0.4, -0.2) is 45.0 Å². The Kier molecular flexibility index (Phi) is 11.9. The summed E-state index contributed by atoms with van der Waals surface area (Å²) >= 11 is 0. The summed E-state index contributed by atoms with van der Waals surface area (Å²) in [6.45, 7) is 2.62. The number of amidine groups is 1. The highest BCUT2D eigenvalue weighted by Crippen LogP contribution is 1.99. The fourth-order valence-electron chi connectivity index (χ4n) is 1.36. The number of carbonyl (C=O) groups excluding carboxylic acids is 1. The molecule has 8 N–H and O–H groups in total. The maximum Gasteiger partial charge on any atom is 0.284 e. The molecule has 1 amide bonds. The molecule has 0 aliphatic rings. The Balaban J connectivity index is 0. The van der Waals surface area contributed by atoms with Gasteiger partial charge in [-0.1, -0.05) is 5.10 Å². The van der Waals surface area contributed by atoms with Crippen molar-refractivity contribution in [1.29, 1.82) is 0 Å². The van der Waals surface area contributed by atoms with Gasteiger partial charge in [-0.05, 0) is 18.1 Å². The van der Waals surface area contributed by atoms with E-state index in [1.165, 1.54) is 0 Å². The number of aromatic nitrogens is 4. The quantitative estimate of drug-likeness (QED) is 0.191. The third-order valence-corrected chi connectivity index (χ3v) is 2.33. The van der Waals surface area contributed by atoms with Crippen LogP contribution in [0.4, 0.5) is 5.95 Å². The smallest absolute Gasteiger partial charge is 0.284 e. The molecule has 0 aromatic carbocycles. The summed E-state index contributed by atoms with van der Waals surface area (Å²) in [5.74, 6) is 0.672. The highest BCUT2D eigenvalue weighted by Gasteiger charge is 2.18. The van der Waals surface area contributed by atoms with E-state index in [2.05, 4.69) is 36.7 Å². The molecule has 0 aliphatic heterocycles. The van der Waals surface area contributed by atoms with Crippen molar-refractivity contribution < 1.29 is 40.3 Å². The van der Waals surface area contributed by atoms with Crippen molar-refractivity contribution >= 4 is 17.7 Å². The maximum absolute atomic E-state index is 11.6. The SMILES string of the molecule is CC(N)=[NH+]CCCC[C@H]([NH3+])C(=O)Nc1nn[nH]n1.[Cl-].[Cl-]. The first kappa shape index (κ1) is 20.9. The van der Waals surface area contributed by atoms with E-state index in [0.717, 1.165) is 19.4 Å². The molecule has 0 bridgehead atoms. The summed E-state index contributed by atoms with van der Waals surface area (Å²) in [4.78, 5) is 14.7. The number of quaternary nitrogens is 1. The second-order valence-corrected chi connectivity index (χ2v) is 4.03.